The first-order chi connectivity index (χ1) is 12.7. The molecule has 26 heavy (non-hydrogen) atoms. The van der Waals surface area contributed by atoms with Gasteiger partial charge in [-0.3, -0.25) is 0 Å². The van der Waals surface area contributed by atoms with Crippen LogP contribution >= 0.6 is 0 Å². The van der Waals surface area contributed by atoms with Gasteiger partial charge in [-0.1, -0.05) is 39.0 Å². The van der Waals surface area contributed by atoms with Crippen molar-refractivity contribution < 1.29 is 19.0 Å². The SMILES string of the molecule is CCCCCCCCOc1ccc(OC(=O)c2ccc(OC)cc2)cc1. The summed E-state index contributed by atoms with van der Waals surface area (Å²) >= 11 is 0. The third kappa shape index (κ3) is 6.79. The Morgan fingerprint density at radius 1 is 0.769 bits per heavy atom. The van der Waals surface area contributed by atoms with Crippen molar-refractivity contribution in [3.8, 4) is 17.2 Å². The second-order valence-electron chi connectivity index (χ2n) is 6.21. The molecular weight excluding hydrogens is 328 g/mol. The van der Waals surface area contributed by atoms with Crippen LogP contribution in [0.1, 0.15) is 55.8 Å². The second kappa shape index (κ2) is 11.2. The van der Waals surface area contributed by atoms with E-state index in [0.29, 0.717) is 17.1 Å². The van der Waals surface area contributed by atoms with Gasteiger partial charge in [0.1, 0.15) is 17.2 Å². The van der Waals surface area contributed by atoms with Gasteiger partial charge in [-0.2, -0.15) is 0 Å². The van der Waals surface area contributed by atoms with E-state index in [1.807, 2.05) is 12.1 Å². The van der Waals surface area contributed by atoms with Crippen molar-refractivity contribution in [1.29, 1.82) is 0 Å². The Morgan fingerprint density at radius 3 is 2.00 bits per heavy atom. The molecule has 0 amide bonds. The first kappa shape index (κ1) is 19.8. The first-order valence-corrected chi connectivity index (χ1v) is 9.32. The Morgan fingerprint density at radius 2 is 1.35 bits per heavy atom. The molecular formula is C22H28O4. The summed E-state index contributed by atoms with van der Waals surface area (Å²) in [6.45, 7) is 2.94. The Hall–Kier alpha value is -2.49. The molecule has 0 N–H and O–H groups in total. The summed E-state index contributed by atoms with van der Waals surface area (Å²) in [6, 6.07) is 14.0. The molecule has 0 saturated carbocycles. The molecule has 2 aromatic carbocycles. The molecule has 0 heterocycles. The quantitative estimate of drug-likeness (QED) is 0.296. The lowest BCUT2D eigenvalue weighted by atomic mass is 10.1. The van der Waals surface area contributed by atoms with Gasteiger partial charge in [0.05, 0.1) is 19.3 Å². The highest BCUT2D eigenvalue weighted by Crippen LogP contribution is 2.20. The fraction of sp³-hybridized carbons (Fsp3) is 0.409. The standard InChI is InChI=1S/C22H28O4/c1-3-4-5-6-7-8-17-25-20-13-15-21(16-14-20)26-22(23)18-9-11-19(24-2)12-10-18/h9-16H,3-8,17H2,1-2H3. The van der Waals surface area contributed by atoms with Crippen LogP contribution in [0.5, 0.6) is 17.2 Å². The molecule has 0 atom stereocenters. The lowest BCUT2D eigenvalue weighted by Crippen LogP contribution is -2.08. The average molecular weight is 356 g/mol. The highest BCUT2D eigenvalue weighted by atomic mass is 16.5. The van der Waals surface area contributed by atoms with Gasteiger partial charge >= 0.3 is 5.97 Å². The van der Waals surface area contributed by atoms with Crippen LogP contribution in [-0.2, 0) is 0 Å². The van der Waals surface area contributed by atoms with E-state index in [9.17, 15) is 4.79 Å². The van der Waals surface area contributed by atoms with Gasteiger partial charge < -0.3 is 14.2 Å². The Kier molecular flexibility index (Phi) is 8.53. The van der Waals surface area contributed by atoms with Crippen molar-refractivity contribution in [2.45, 2.75) is 45.4 Å². The topological polar surface area (TPSA) is 44.8 Å². The van der Waals surface area contributed by atoms with Crippen molar-refractivity contribution in [2.75, 3.05) is 13.7 Å². The normalized spacial score (nSPS) is 10.4. The molecule has 4 nitrogen and oxygen atoms in total. The maximum absolute atomic E-state index is 12.1. The monoisotopic (exact) mass is 356 g/mol. The zero-order chi connectivity index (χ0) is 18.6. The fourth-order valence-corrected chi connectivity index (χ4v) is 2.57. The molecule has 0 unspecified atom stereocenters. The molecule has 0 aliphatic heterocycles. The number of unbranched alkanes of at least 4 members (excludes halogenated alkanes) is 5. The molecule has 0 fully saturated rings. The molecule has 0 saturated heterocycles. The van der Waals surface area contributed by atoms with E-state index >= 15 is 0 Å². The van der Waals surface area contributed by atoms with Crippen molar-refractivity contribution >= 4 is 5.97 Å². The molecule has 0 aliphatic rings. The minimum atomic E-state index is -0.395. The minimum Gasteiger partial charge on any atom is -0.497 e. The van der Waals surface area contributed by atoms with Crippen molar-refractivity contribution in [1.82, 2.24) is 0 Å². The summed E-state index contributed by atoms with van der Waals surface area (Å²) in [5.41, 5.74) is 0.481. The highest BCUT2D eigenvalue weighted by molar-refractivity contribution is 5.91. The number of esters is 1. The first-order valence-electron chi connectivity index (χ1n) is 9.32. The number of rotatable bonds is 11. The summed E-state index contributed by atoms with van der Waals surface area (Å²) in [6.07, 6.45) is 7.45. The van der Waals surface area contributed by atoms with Crippen LogP contribution < -0.4 is 14.2 Å². The third-order valence-corrected chi connectivity index (χ3v) is 4.13. The van der Waals surface area contributed by atoms with Gasteiger partial charge in [0.2, 0.25) is 0 Å². The number of methoxy groups -OCH3 is 1. The van der Waals surface area contributed by atoms with Crippen LogP contribution in [0.3, 0.4) is 0 Å². The molecule has 2 rings (SSSR count). The molecule has 0 spiro atoms. The third-order valence-electron chi connectivity index (χ3n) is 4.13. The van der Waals surface area contributed by atoms with Gasteiger partial charge in [0, 0.05) is 0 Å². The zero-order valence-electron chi connectivity index (χ0n) is 15.7. The molecule has 4 heteroatoms. The van der Waals surface area contributed by atoms with Gasteiger partial charge in [0.25, 0.3) is 0 Å². The predicted molar refractivity (Wildman–Crippen MR) is 103 cm³/mol. The Labute approximate surface area is 156 Å². The number of carbonyl (C=O) groups excluding carboxylic acids is 1. The van der Waals surface area contributed by atoms with Crippen LogP contribution in [0.25, 0.3) is 0 Å². The van der Waals surface area contributed by atoms with Gasteiger partial charge in [-0.15, -0.1) is 0 Å². The minimum absolute atomic E-state index is 0.395. The van der Waals surface area contributed by atoms with E-state index in [1.54, 1.807) is 43.5 Å². The smallest absolute Gasteiger partial charge is 0.343 e. The van der Waals surface area contributed by atoms with E-state index in [-0.39, 0.29) is 0 Å². The lowest BCUT2D eigenvalue weighted by Gasteiger charge is -2.08. The summed E-state index contributed by atoms with van der Waals surface area (Å²) in [5, 5.41) is 0. The maximum atomic E-state index is 12.1. The number of carbonyl (C=O) groups is 1. The number of hydrogen-bond donors (Lipinski definition) is 0. The molecule has 0 aliphatic carbocycles. The maximum Gasteiger partial charge on any atom is 0.343 e. The van der Waals surface area contributed by atoms with Crippen LogP contribution in [0.4, 0.5) is 0 Å². The van der Waals surface area contributed by atoms with Crippen LogP contribution in [0.2, 0.25) is 0 Å². The summed E-state index contributed by atoms with van der Waals surface area (Å²) in [5.74, 6) is 1.60. The number of hydrogen-bond acceptors (Lipinski definition) is 4. The number of ether oxygens (including phenoxy) is 3. The van der Waals surface area contributed by atoms with Crippen LogP contribution in [-0.4, -0.2) is 19.7 Å². The predicted octanol–water partition coefficient (Wildman–Crippen LogP) is 5.65. The van der Waals surface area contributed by atoms with E-state index in [4.69, 9.17) is 14.2 Å². The van der Waals surface area contributed by atoms with Gasteiger partial charge in [-0.25, -0.2) is 4.79 Å². The van der Waals surface area contributed by atoms with E-state index < -0.39 is 5.97 Å². The zero-order valence-corrected chi connectivity index (χ0v) is 15.7. The molecule has 2 aromatic rings. The summed E-state index contributed by atoms with van der Waals surface area (Å²) in [7, 11) is 1.59. The Balaban J connectivity index is 1.73. The van der Waals surface area contributed by atoms with Crippen molar-refractivity contribution in [3.05, 3.63) is 54.1 Å². The highest BCUT2D eigenvalue weighted by Gasteiger charge is 2.08. The van der Waals surface area contributed by atoms with E-state index in [2.05, 4.69) is 6.92 Å². The molecule has 0 radical (unpaired) electrons. The molecule has 0 aromatic heterocycles. The Bertz CT molecular complexity index is 647. The summed E-state index contributed by atoms with van der Waals surface area (Å²) in [4.78, 5) is 12.1. The second-order valence-corrected chi connectivity index (χ2v) is 6.21. The van der Waals surface area contributed by atoms with Crippen LogP contribution in [0.15, 0.2) is 48.5 Å². The van der Waals surface area contributed by atoms with Gasteiger partial charge in [0.15, 0.2) is 0 Å². The fourth-order valence-electron chi connectivity index (χ4n) is 2.57. The summed E-state index contributed by atoms with van der Waals surface area (Å²) < 4.78 is 16.2. The molecule has 0 bridgehead atoms. The number of benzene rings is 2. The van der Waals surface area contributed by atoms with Gasteiger partial charge in [-0.05, 0) is 55.0 Å². The largest absolute Gasteiger partial charge is 0.497 e. The van der Waals surface area contributed by atoms with E-state index in [1.165, 1.54) is 32.1 Å². The van der Waals surface area contributed by atoms with E-state index in [0.717, 1.165) is 18.8 Å². The lowest BCUT2D eigenvalue weighted by molar-refractivity contribution is 0.0734. The van der Waals surface area contributed by atoms with Crippen molar-refractivity contribution in [2.24, 2.45) is 0 Å². The van der Waals surface area contributed by atoms with Crippen molar-refractivity contribution in [3.63, 3.8) is 0 Å². The molecule has 140 valence electrons. The van der Waals surface area contributed by atoms with Crippen LogP contribution in [0, 0.1) is 0 Å². The average Bonchev–Trinajstić information content (AvgIpc) is 2.68.